The highest BCUT2D eigenvalue weighted by molar-refractivity contribution is 5.12. The number of imidazole rings is 1. The van der Waals surface area contributed by atoms with Crippen molar-refractivity contribution in [1.82, 2.24) is 19.4 Å². The normalized spacial score (nSPS) is 21.7. The van der Waals surface area contributed by atoms with Crippen LogP contribution in [0.2, 0.25) is 0 Å². The summed E-state index contributed by atoms with van der Waals surface area (Å²) in [6, 6.07) is 7.00. The number of nitrogens with zero attached hydrogens (tertiary/aromatic N) is 4. The molecule has 1 saturated heterocycles. The maximum absolute atomic E-state index is 5.91. The number of pyridine rings is 1. The van der Waals surface area contributed by atoms with Crippen LogP contribution in [-0.4, -0.2) is 45.2 Å². The molecule has 4 heterocycles. The van der Waals surface area contributed by atoms with Gasteiger partial charge in [-0.1, -0.05) is 6.07 Å². The number of aryl methyl sites for hydroxylation is 1. The second-order valence-electron chi connectivity index (χ2n) is 7.28. The zero-order valence-corrected chi connectivity index (χ0v) is 15.7. The summed E-state index contributed by atoms with van der Waals surface area (Å²) in [5.41, 5.74) is 3.16. The zero-order valence-electron chi connectivity index (χ0n) is 15.7. The molecule has 26 heavy (non-hydrogen) atoms. The largest absolute Gasteiger partial charge is 0.381 e. The van der Waals surface area contributed by atoms with Crippen LogP contribution in [0.15, 0.2) is 24.4 Å². The minimum absolute atomic E-state index is 0.346. The highest BCUT2D eigenvalue weighted by atomic mass is 16.5. The van der Waals surface area contributed by atoms with Gasteiger partial charge in [-0.15, -0.1) is 0 Å². The monoisotopic (exact) mass is 356 g/mol. The SMILES string of the molecule is Cc1cccc(COCc2cnc3n2CCN(C2CCOCC2)C3C)n1. The summed E-state index contributed by atoms with van der Waals surface area (Å²) >= 11 is 0. The summed E-state index contributed by atoms with van der Waals surface area (Å²) in [5.74, 6) is 1.16. The van der Waals surface area contributed by atoms with Crippen molar-refractivity contribution in [3.05, 3.63) is 47.3 Å². The van der Waals surface area contributed by atoms with Gasteiger partial charge in [-0.3, -0.25) is 9.88 Å². The fraction of sp³-hybridized carbons (Fsp3) is 0.600. The molecule has 0 amide bonds. The van der Waals surface area contributed by atoms with Crippen LogP contribution in [0.1, 0.15) is 48.7 Å². The van der Waals surface area contributed by atoms with Crippen LogP contribution in [0.3, 0.4) is 0 Å². The van der Waals surface area contributed by atoms with Crippen LogP contribution in [-0.2, 0) is 29.2 Å². The lowest BCUT2D eigenvalue weighted by Crippen LogP contribution is -2.46. The van der Waals surface area contributed by atoms with Crippen LogP contribution in [0.25, 0.3) is 0 Å². The Kier molecular flexibility index (Phi) is 5.33. The van der Waals surface area contributed by atoms with E-state index in [0.717, 1.165) is 62.1 Å². The van der Waals surface area contributed by atoms with Crippen molar-refractivity contribution < 1.29 is 9.47 Å². The van der Waals surface area contributed by atoms with E-state index in [9.17, 15) is 0 Å². The molecule has 0 saturated carbocycles. The van der Waals surface area contributed by atoms with Gasteiger partial charge in [-0.05, 0) is 38.8 Å². The Bertz CT molecular complexity index is 739. The van der Waals surface area contributed by atoms with Crippen molar-refractivity contribution in [2.45, 2.75) is 58.5 Å². The minimum Gasteiger partial charge on any atom is -0.381 e. The van der Waals surface area contributed by atoms with Crippen molar-refractivity contribution in [3.63, 3.8) is 0 Å². The quantitative estimate of drug-likeness (QED) is 0.825. The average molecular weight is 356 g/mol. The van der Waals surface area contributed by atoms with Crippen molar-refractivity contribution in [3.8, 4) is 0 Å². The number of aromatic nitrogens is 3. The van der Waals surface area contributed by atoms with E-state index in [1.54, 1.807) is 0 Å². The van der Waals surface area contributed by atoms with E-state index in [0.29, 0.717) is 25.3 Å². The van der Waals surface area contributed by atoms with E-state index < -0.39 is 0 Å². The van der Waals surface area contributed by atoms with Crippen LogP contribution < -0.4 is 0 Å². The van der Waals surface area contributed by atoms with Crippen LogP contribution in [0.4, 0.5) is 0 Å². The maximum atomic E-state index is 5.91. The summed E-state index contributed by atoms with van der Waals surface area (Å²) in [5, 5.41) is 0. The predicted molar refractivity (Wildman–Crippen MR) is 98.7 cm³/mol. The molecule has 6 nitrogen and oxygen atoms in total. The molecule has 0 spiro atoms. The van der Waals surface area contributed by atoms with Gasteiger partial charge in [-0.2, -0.15) is 0 Å². The highest BCUT2D eigenvalue weighted by Gasteiger charge is 2.32. The molecule has 6 heteroatoms. The third-order valence-electron chi connectivity index (χ3n) is 5.53. The Balaban J connectivity index is 1.38. The summed E-state index contributed by atoms with van der Waals surface area (Å²) in [4.78, 5) is 11.8. The fourth-order valence-electron chi connectivity index (χ4n) is 4.15. The van der Waals surface area contributed by atoms with E-state index in [4.69, 9.17) is 14.5 Å². The van der Waals surface area contributed by atoms with Gasteiger partial charge in [0.05, 0.1) is 36.8 Å². The van der Waals surface area contributed by atoms with Crippen molar-refractivity contribution in [2.75, 3.05) is 19.8 Å². The lowest BCUT2D eigenvalue weighted by molar-refractivity contribution is 0.00799. The van der Waals surface area contributed by atoms with Crippen molar-refractivity contribution in [1.29, 1.82) is 0 Å². The first kappa shape index (κ1) is 17.6. The molecular formula is C20H28N4O2. The van der Waals surface area contributed by atoms with Crippen molar-refractivity contribution in [2.24, 2.45) is 0 Å². The Morgan fingerprint density at radius 3 is 2.85 bits per heavy atom. The molecule has 0 radical (unpaired) electrons. The van der Waals surface area contributed by atoms with Gasteiger partial charge in [0.1, 0.15) is 5.82 Å². The molecule has 1 atom stereocenters. The van der Waals surface area contributed by atoms with E-state index >= 15 is 0 Å². The molecular weight excluding hydrogens is 328 g/mol. The lowest BCUT2D eigenvalue weighted by Gasteiger charge is -2.41. The number of rotatable bonds is 5. The second-order valence-corrected chi connectivity index (χ2v) is 7.28. The summed E-state index contributed by atoms with van der Waals surface area (Å²) < 4.78 is 13.8. The topological polar surface area (TPSA) is 52.4 Å². The average Bonchev–Trinajstić information content (AvgIpc) is 3.07. The molecule has 2 aliphatic rings. The van der Waals surface area contributed by atoms with Gasteiger partial charge in [0.2, 0.25) is 0 Å². The van der Waals surface area contributed by atoms with Crippen LogP contribution in [0, 0.1) is 6.92 Å². The smallest absolute Gasteiger partial charge is 0.126 e. The van der Waals surface area contributed by atoms with Gasteiger partial charge in [-0.25, -0.2) is 4.98 Å². The first-order valence-corrected chi connectivity index (χ1v) is 9.60. The molecule has 0 aromatic carbocycles. The van der Waals surface area contributed by atoms with Crippen molar-refractivity contribution >= 4 is 0 Å². The Morgan fingerprint density at radius 2 is 2.04 bits per heavy atom. The summed E-state index contributed by atoms with van der Waals surface area (Å²) in [6.45, 7) is 9.21. The van der Waals surface area contributed by atoms with Gasteiger partial charge in [0.15, 0.2) is 0 Å². The van der Waals surface area contributed by atoms with Crippen LogP contribution >= 0.6 is 0 Å². The number of fused-ring (bicyclic) bond motifs is 1. The molecule has 140 valence electrons. The molecule has 0 aliphatic carbocycles. The minimum atomic E-state index is 0.346. The fourth-order valence-corrected chi connectivity index (χ4v) is 4.15. The molecule has 0 bridgehead atoms. The molecule has 1 unspecified atom stereocenters. The number of hydrogen-bond donors (Lipinski definition) is 0. The van der Waals surface area contributed by atoms with E-state index in [-0.39, 0.29) is 0 Å². The van der Waals surface area contributed by atoms with E-state index in [1.807, 2.05) is 31.3 Å². The Hall–Kier alpha value is -1.76. The Labute approximate surface area is 155 Å². The molecule has 1 fully saturated rings. The highest BCUT2D eigenvalue weighted by Crippen LogP contribution is 2.30. The second kappa shape index (κ2) is 7.86. The van der Waals surface area contributed by atoms with Gasteiger partial charge < -0.3 is 14.0 Å². The third-order valence-corrected chi connectivity index (χ3v) is 5.53. The van der Waals surface area contributed by atoms with Gasteiger partial charge in [0.25, 0.3) is 0 Å². The lowest BCUT2D eigenvalue weighted by atomic mass is 10.0. The first-order chi connectivity index (χ1) is 12.7. The number of hydrogen-bond acceptors (Lipinski definition) is 5. The zero-order chi connectivity index (χ0) is 17.9. The molecule has 2 aliphatic heterocycles. The summed E-state index contributed by atoms with van der Waals surface area (Å²) in [7, 11) is 0. The van der Waals surface area contributed by atoms with Gasteiger partial charge in [0, 0.05) is 38.0 Å². The van der Waals surface area contributed by atoms with E-state index in [2.05, 4.69) is 21.4 Å². The number of ether oxygens (including phenoxy) is 2. The Morgan fingerprint density at radius 1 is 1.19 bits per heavy atom. The molecule has 0 N–H and O–H groups in total. The predicted octanol–water partition coefficient (Wildman–Crippen LogP) is 2.86. The standard InChI is InChI=1S/C20H28N4O2/c1-15-4-3-5-17(22-15)13-26-14-19-12-21-20-16(2)23(8-9-24(19)20)18-6-10-25-11-7-18/h3-5,12,16,18H,6-11,13-14H2,1-2H3. The van der Waals surface area contributed by atoms with E-state index in [1.165, 1.54) is 0 Å². The summed E-state index contributed by atoms with van der Waals surface area (Å²) in [6.07, 6.45) is 4.23. The molecule has 2 aromatic heterocycles. The molecule has 4 rings (SSSR count). The van der Waals surface area contributed by atoms with Gasteiger partial charge >= 0.3 is 0 Å². The molecule has 2 aromatic rings. The van der Waals surface area contributed by atoms with Crippen LogP contribution in [0.5, 0.6) is 0 Å². The first-order valence-electron chi connectivity index (χ1n) is 9.60. The maximum Gasteiger partial charge on any atom is 0.126 e. The third kappa shape index (κ3) is 3.68.